The zero-order chi connectivity index (χ0) is 18.3. The summed E-state index contributed by atoms with van der Waals surface area (Å²) in [5.74, 6) is 0. The van der Waals surface area contributed by atoms with Crippen LogP contribution in [0.3, 0.4) is 0 Å². The molecule has 0 saturated heterocycles. The van der Waals surface area contributed by atoms with Crippen molar-refractivity contribution in [2.45, 2.75) is 84.0 Å². The molecule has 146 valence electrons. The molecular formula is C18H41NO4P+. The van der Waals surface area contributed by atoms with Crippen molar-refractivity contribution < 1.29 is 23.4 Å². The second-order valence-electron chi connectivity index (χ2n) is 7.60. The first-order valence-electron chi connectivity index (χ1n) is 9.79. The molecule has 0 aromatic carbocycles. The molecule has 2 N–H and O–H groups in total. The lowest BCUT2D eigenvalue weighted by molar-refractivity contribution is -0.890. The van der Waals surface area contributed by atoms with Crippen LogP contribution in [0.25, 0.3) is 0 Å². The van der Waals surface area contributed by atoms with Crippen molar-refractivity contribution in [1.29, 1.82) is 0 Å². The molecule has 0 aliphatic rings. The minimum Gasteiger partial charge on any atom is -0.327 e. The normalized spacial score (nSPS) is 12.7. The van der Waals surface area contributed by atoms with Gasteiger partial charge in [0.2, 0.25) is 0 Å². The fourth-order valence-corrected chi connectivity index (χ4v) is 3.22. The van der Waals surface area contributed by atoms with Crippen LogP contribution in [0.2, 0.25) is 0 Å². The molecule has 0 aliphatic carbocycles. The number of quaternary nitrogens is 1. The molecule has 0 aromatic heterocycles. The van der Waals surface area contributed by atoms with Gasteiger partial charge < -0.3 is 14.3 Å². The predicted molar refractivity (Wildman–Crippen MR) is 101 cm³/mol. The summed E-state index contributed by atoms with van der Waals surface area (Å²) < 4.78 is 15.9. The van der Waals surface area contributed by atoms with Gasteiger partial charge in [-0.05, 0) is 12.8 Å². The van der Waals surface area contributed by atoms with Crippen molar-refractivity contribution in [3.05, 3.63) is 0 Å². The maximum Gasteiger partial charge on any atom is 0.469 e. The van der Waals surface area contributed by atoms with E-state index in [4.69, 9.17) is 9.79 Å². The molecule has 24 heavy (non-hydrogen) atoms. The van der Waals surface area contributed by atoms with Gasteiger partial charge in [0.1, 0.15) is 13.2 Å². The third-order valence-electron chi connectivity index (χ3n) is 4.57. The SMILES string of the molecule is CCCCCCCCCCCCCC[N+](C)(C)CCOP(=O)(O)O. The van der Waals surface area contributed by atoms with Gasteiger partial charge in [-0.1, -0.05) is 71.1 Å². The molecule has 0 saturated carbocycles. The van der Waals surface area contributed by atoms with Crippen molar-refractivity contribution in [2.75, 3.05) is 33.8 Å². The van der Waals surface area contributed by atoms with Crippen LogP contribution in [0, 0.1) is 0 Å². The number of unbranched alkanes of at least 4 members (excludes halogenated alkanes) is 11. The number of hydrogen-bond acceptors (Lipinski definition) is 2. The number of phosphoric acid groups is 1. The lowest BCUT2D eigenvalue weighted by atomic mass is 10.1. The summed E-state index contributed by atoms with van der Waals surface area (Å²) in [6.45, 7) is 4.02. The largest absolute Gasteiger partial charge is 0.469 e. The smallest absolute Gasteiger partial charge is 0.327 e. The molecule has 5 nitrogen and oxygen atoms in total. The van der Waals surface area contributed by atoms with E-state index in [0.717, 1.165) is 11.0 Å². The second-order valence-corrected chi connectivity index (χ2v) is 8.84. The second kappa shape index (κ2) is 14.3. The summed E-state index contributed by atoms with van der Waals surface area (Å²) >= 11 is 0. The van der Waals surface area contributed by atoms with Crippen LogP contribution in [0.1, 0.15) is 84.0 Å². The van der Waals surface area contributed by atoms with E-state index in [1.54, 1.807) is 0 Å². The Morgan fingerprint density at radius 2 is 1.17 bits per heavy atom. The third-order valence-corrected chi connectivity index (χ3v) is 5.09. The molecule has 0 radical (unpaired) electrons. The lowest BCUT2D eigenvalue weighted by Crippen LogP contribution is -2.42. The average molecular weight is 367 g/mol. The maximum absolute atomic E-state index is 10.7. The molecule has 0 amide bonds. The van der Waals surface area contributed by atoms with Crippen molar-refractivity contribution in [3.8, 4) is 0 Å². The summed E-state index contributed by atoms with van der Waals surface area (Å²) in [6, 6.07) is 0. The molecule has 0 fully saturated rings. The molecule has 0 rings (SSSR count). The van der Waals surface area contributed by atoms with Crippen LogP contribution in [-0.4, -0.2) is 48.1 Å². The number of likely N-dealkylation sites (N-methyl/N-ethyl adjacent to an activating group) is 1. The van der Waals surface area contributed by atoms with Gasteiger partial charge in [-0.2, -0.15) is 0 Å². The Hall–Kier alpha value is 0.0700. The van der Waals surface area contributed by atoms with E-state index in [1.165, 1.54) is 77.0 Å². The van der Waals surface area contributed by atoms with Gasteiger partial charge in [-0.3, -0.25) is 4.52 Å². The average Bonchev–Trinajstić information content (AvgIpc) is 2.46. The number of rotatable bonds is 17. The Bertz CT molecular complexity index is 331. The highest BCUT2D eigenvalue weighted by Gasteiger charge is 2.19. The van der Waals surface area contributed by atoms with Crippen LogP contribution in [-0.2, 0) is 9.09 Å². The van der Waals surface area contributed by atoms with Crippen LogP contribution in [0.15, 0.2) is 0 Å². The molecule has 0 aromatic rings. The Balaban J connectivity index is 3.37. The van der Waals surface area contributed by atoms with Gasteiger partial charge in [0, 0.05) is 0 Å². The summed E-state index contributed by atoms with van der Waals surface area (Å²) in [6.07, 6.45) is 16.1. The minimum absolute atomic E-state index is 0.107. The quantitative estimate of drug-likeness (QED) is 0.219. The van der Waals surface area contributed by atoms with Crippen molar-refractivity contribution in [3.63, 3.8) is 0 Å². The highest BCUT2D eigenvalue weighted by atomic mass is 31.2. The molecule has 0 atom stereocenters. The summed E-state index contributed by atoms with van der Waals surface area (Å²) in [5.41, 5.74) is 0. The van der Waals surface area contributed by atoms with E-state index < -0.39 is 7.82 Å². The van der Waals surface area contributed by atoms with Crippen molar-refractivity contribution in [1.82, 2.24) is 0 Å². The van der Waals surface area contributed by atoms with Gasteiger partial charge >= 0.3 is 7.82 Å². The molecule has 0 bridgehead atoms. The van der Waals surface area contributed by atoms with Gasteiger partial charge in [-0.25, -0.2) is 4.57 Å². The van der Waals surface area contributed by atoms with E-state index in [-0.39, 0.29) is 6.61 Å². The van der Waals surface area contributed by atoms with Gasteiger partial charge in [0.15, 0.2) is 0 Å². The lowest BCUT2D eigenvalue weighted by Gasteiger charge is -2.29. The fraction of sp³-hybridized carbons (Fsp3) is 1.00. The standard InChI is InChI=1S/C18H40NO4P/c1-4-5-6-7-8-9-10-11-12-13-14-15-16-19(2,3)17-18-23-24(20,21)22/h4-18H2,1-3H3,(H-,20,21,22)/p+1. The van der Waals surface area contributed by atoms with Crippen LogP contribution in [0.4, 0.5) is 0 Å². The maximum atomic E-state index is 10.7. The Labute approximate surface area is 149 Å². The first-order valence-corrected chi connectivity index (χ1v) is 11.3. The number of phosphoric ester groups is 1. The predicted octanol–water partition coefficient (Wildman–Crippen LogP) is 4.87. The fourth-order valence-electron chi connectivity index (χ4n) is 2.90. The van der Waals surface area contributed by atoms with Gasteiger partial charge in [0.05, 0.1) is 20.6 Å². The van der Waals surface area contributed by atoms with E-state index in [1.807, 2.05) is 0 Å². The monoisotopic (exact) mass is 366 g/mol. The summed E-state index contributed by atoms with van der Waals surface area (Å²) in [5, 5.41) is 0. The number of nitrogens with zero attached hydrogens (tertiary/aromatic N) is 1. The molecule has 6 heteroatoms. The highest BCUT2D eigenvalue weighted by molar-refractivity contribution is 7.46. The Morgan fingerprint density at radius 3 is 1.58 bits per heavy atom. The first-order chi connectivity index (χ1) is 11.3. The molecule has 0 spiro atoms. The van der Waals surface area contributed by atoms with E-state index in [9.17, 15) is 4.57 Å². The van der Waals surface area contributed by atoms with Crippen molar-refractivity contribution >= 4 is 7.82 Å². The zero-order valence-corrected chi connectivity index (χ0v) is 17.1. The molecular weight excluding hydrogens is 325 g/mol. The third kappa shape index (κ3) is 18.4. The van der Waals surface area contributed by atoms with Crippen LogP contribution >= 0.6 is 7.82 Å². The summed E-state index contributed by atoms with van der Waals surface area (Å²) in [7, 11) is -0.150. The Kier molecular flexibility index (Phi) is 14.3. The van der Waals surface area contributed by atoms with Crippen molar-refractivity contribution in [2.24, 2.45) is 0 Å². The van der Waals surface area contributed by atoms with Gasteiger partial charge in [0.25, 0.3) is 0 Å². The van der Waals surface area contributed by atoms with E-state index in [0.29, 0.717) is 6.54 Å². The first kappa shape index (κ1) is 24.1. The van der Waals surface area contributed by atoms with E-state index >= 15 is 0 Å². The molecule has 0 unspecified atom stereocenters. The Morgan fingerprint density at radius 1 is 0.750 bits per heavy atom. The van der Waals surface area contributed by atoms with Crippen LogP contribution < -0.4 is 0 Å². The van der Waals surface area contributed by atoms with Gasteiger partial charge in [-0.15, -0.1) is 0 Å². The summed E-state index contributed by atoms with van der Waals surface area (Å²) in [4.78, 5) is 17.4. The molecule has 0 heterocycles. The van der Waals surface area contributed by atoms with E-state index in [2.05, 4.69) is 25.5 Å². The van der Waals surface area contributed by atoms with Crippen LogP contribution in [0.5, 0.6) is 0 Å². The topological polar surface area (TPSA) is 66.8 Å². The highest BCUT2D eigenvalue weighted by Crippen LogP contribution is 2.35. The minimum atomic E-state index is -4.32. The molecule has 0 aliphatic heterocycles. The number of hydrogen-bond donors (Lipinski definition) is 2. The zero-order valence-electron chi connectivity index (χ0n) is 16.2.